The molecule has 1 aromatic carbocycles. The number of aliphatic hydroxyl groups excluding tert-OH is 1. The van der Waals surface area contributed by atoms with Crippen LogP contribution in [0.4, 0.5) is 0 Å². The maximum absolute atomic E-state index is 12.5. The van der Waals surface area contributed by atoms with Crippen LogP contribution in [0.1, 0.15) is 24.2 Å². The first-order chi connectivity index (χ1) is 9.32. The van der Waals surface area contributed by atoms with Crippen LogP contribution in [0.25, 0.3) is 0 Å². The van der Waals surface area contributed by atoms with Gasteiger partial charge >= 0.3 is 0 Å². The molecule has 1 aliphatic heterocycles. The Morgan fingerprint density at radius 2 is 2.25 bits per heavy atom. The lowest BCUT2D eigenvalue weighted by atomic mass is 10.0. The first-order valence-corrected chi connectivity index (χ1v) is 6.76. The number of hydrogen-bond donors (Lipinski definition) is 2. The second-order valence-corrected chi connectivity index (χ2v) is 5.94. The summed E-state index contributed by atoms with van der Waals surface area (Å²) in [5.74, 6) is -0.250. The topological polar surface area (TPSA) is 70.0 Å². The number of nitrogens with zero attached hydrogens (tertiary/aromatic N) is 1. The minimum atomic E-state index is -0.512. The van der Waals surface area contributed by atoms with Crippen LogP contribution in [0.5, 0.6) is 5.75 Å². The highest BCUT2D eigenvalue weighted by Crippen LogP contribution is 2.26. The van der Waals surface area contributed by atoms with Gasteiger partial charge in [-0.3, -0.25) is 4.79 Å². The van der Waals surface area contributed by atoms with Crippen LogP contribution in [0, 0.1) is 0 Å². The van der Waals surface area contributed by atoms with E-state index in [2.05, 4.69) is 0 Å². The first-order valence-electron chi connectivity index (χ1n) is 6.39. The molecular formula is C14H18ClNO4. The monoisotopic (exact) mass is 299 g/mol. The second-order valence-electron chi connectivity index (χ2n) is 5.53. The van der Waals surface area contributed by atoms with Crippen molar-refractivity contribution in [3.05, 3.63) is 28.8 Å². The van der Waals surface area contributed by atoms with Crippen LogP contribution < -0.4 is 0 Å². The summed E-state index contributed by atoms with van der Waals surface area (Å²) >= 11 is 5.82. The molecule has 1 fully saturated rings. The number of amides is 1. The van der Waals surface area contributed by atoms with Crippen molar-refractivity contribution >= 4 is 17.5 Å². The fourth-order valence-electron chi connectivity index (χ4n) is 2.37. The highest BCUT2D eigenvalue weighted by molar-refractivity contribution is 6.32. The summed E-state index contributed by atoms with van der Waals surface area (Å²) in [4.78, 5) is 14.1. The van der Waals surface area contributed by atoms with E-state index in [0.29, 0.717) is 18.7 Å². The van der Waals surface area contributed by atoms with E-state index >= 15 is 0 Å². The van der Waals surface area contributed by atoms with Crippen LogP contribution in [0.2, 0.25) is 5.02 Å². The fraction of sp³-hybridized carbons (Fsp3) is 0.500. The molecule has 1 aromatic rings. The molecule has 0 saturated carbocycles. The summed E-state index contributed by atoms with van der Waals surface area (Å²) < 4.78 is 5.67. The van der Waals surface area contributed by atoms with Gasteiger partial charge in [0.15, 0.2) is 0 Å². The van der Waals surface area contributed by atoms with E-state index in [1.807, 2.05) is 13.8 Å². The Morgan fingerprint density at radius 1 is 1.55 bits per heavy atom. The van der Waals surface area contributed by atoms with Crippen LogP contribution in [-0.2, 0) is 4.74 Å². The zero-order valence-corrected chi connectivity index (χ0v) is 12.2. The summed E-state index contributed by atoms with van der Waals surface area (Å²) in [7, 11) is 0. The summed E-state index contributed by atoms with van der Waals surface area (Å²) in [6, 6.07) is 4.36. The van der Waals surface area contributed by atoms with E-state index in [4.69, 9.17) is 16.3 Å². The molecule has 1 saturated heterocycles. The van der Waals surface area contributed by atoms with Gasteiger partial charge in [-0.2, -0.15) is 0 Å². The van der Waals surface area contributed by atoms with Crippen LogP contribution >= 0.6 is 11.6 Å². The highest BCUT2D eigenvalue weighted by atomic mass is 35.5. The quantitative estimate of drug-likeness (QED) is 0.871. The third-order valence-corrected chi connectivity index (χ3v) is 3.47. The predicted molar refractivity (Wildman–Crippen MR) is 75.1 cm³/mol. The van der Waals surface area contributed by atoms with Crippen molar-refractivity contribution in [1.29, 1.82) is 0 Å². The number of phenols is 1. The van der Waals surface area contributed by atoms with Crippen molar-refractivity contribution in [3.63, 3.8) is 0 Å². The number of carbonyl (C=O) groups excluding carboxylic acids is 1. The molecule has 1 aliphatic rings. The highest BCUT2D eigenvalue weighted by Gasteiger charge is 2.35. The van der Waals surface area contributed by atoms with Crippen LogP contribution in [0.3, 0.4) is 0 Å². The molecule has 2 rings (SSSR count). The summed E-state index contributed by atoms with van der Waals surface area (Å²) in [6.45, 7) is 4.37. The standard InChI is InChI=1S/C14H18ClNO4/c1-14(2)8-16(6-10(7-17)20-14)13(19)9-3-4-12(18)11(15)5-9/h3-5,10,17-18H,6-8H2,1-2H3. The van der Waals surface area contributed by atoms with Gasteiger partial charge in [-0.1, -0.05) is 11.6 Å². The van der Waals surface area contributed by atoms with E-state index in [-0.39, 0.29) is 23.3 Å². The summed E-state index contributed by atoms with van der Waals surface area (Å²) in [6.07, 6.45) is -0.393. The molecule has 1 unspecified atom stereocenters. The lowest BCUT2D eigenvalue weighted by molar-refractivity contribution is -0.139. The minimum absolute atomic E-state index is 0.0567. The fourth-order valence-corrected chi connectivity index (χ4v) is 2.55. The lowest BCUT2D eigenvalue weighted by Crippen LogP contribution is -2.55. The molecule has 0 bridgehead atoms. The number of hydrogen-bond acceptors (Lipinski definition) is 4. The molecule has 1 heterocycles. The molecule has 0 spiro atoms. The smallest absolute Gasteiger partial charge is 0.254 e. The van der Waals surface area contributed by atoms with Crippen molar-refractivity contribution in [3.8, 4) is 5.75 Å². The summed E-state index contributed by atoms with van der Waals surface area (Å²) in [5, 5.41) is 18.8. The number of benzene rings is 1. The van der Waals surface area contributed by atoms with Crippen molar-refractivity contribution in [2.75, 3.05) is 19.7 Å². The van der Waals surface area contributed by atoms with Gasteiger partial charge in [0.05, 0.1) is 23.3 Å². The maximum atomic E-state index is 12.5. The van der Waals surface area contributed by atoms with Crippen LogP contribution in [0.15, 0.2) is 18.2 Å². The van der Waals surface area contributed by atoms with Gasteiger partial charge in [0.2, 0.25) is 0 Å². The molecule has 20 heavy (non-hydrogen) atoms. The van der Waals surface area contributed by atoms with Gasteiger partial charge in [0, 0.05) is 18.7 Å². The zero-order valence-electron chi connectivity index (χ0n) is 11.5. The van der Waals surface area contributed by atoms with Gasteiger partial charge in [-0.15, -0.1) is 0 Å². The number of morpholine rings is 1. The Balaban J connectivity index is 2.21. The number of phenolic OH excluding ortho intramolecular Hbond substituents is 1. The van der Waals surface area contributed by atoms with E-state index in [1.165, 1.54) is 18.2 Å². The molecule has 0 aromatic heterocycles. The molecule has 6 heteroatoms. The van der Waals surface area contributed by atoms with Gasteiger partial charge in [-0.25, -0.2) is 0 Å². The number of ether oxygens (including phenoxy) is 1. The van der Waals surface area contributed by atoms with Crippen molar-refractivity contribution in [1.82, 2.24) is 4.90 Å². The van der Waals surface area contributed by atoms with Gasteiger partial charge in [0.1, 0.15) is 5.75 Å². The molecule has 2 N–H and O–H groups in total. The number of carbonyl (C=O) groups is 1. The normalized spacial score (nSPS) is 21.8. The second kappa shape index (κ2) is 5.60. The Bertz CT molecular complexity index is 518. The summed E-state index contributed by atoms with van der Waals surface area (Å²) in [5.41, 5.74) is -0.107. The van der Waals surface area contributed by atoms with E-state index < -0.39 is 11.7 Å². The Hall–Kier alpha value is -1.30. The SMILES string of the molecule is CC1(C)CN(C(=O)c2ccc(O)c(Cl)c2)CC(CO)O1. The number of halogens is 1. The number of rotatable bonds is 2. The minimum Gasteiger partial charge on any atom is -0.506 e. The average molecular weight is 300 g/mol. The van der Waals surface area contributed by atoms with Crippen LogP contribution in [-0.4, -0.2) is 52.4 Å². The molecule has 0 radical (unpaired) electrons. The van der Waals surface area contributed by atoms with Gasteiger partial charge in [0.25, 0.3) is 5.91 Å². The van der Waals surface area contributed by atoms with Gasteiger partial charge < -0.3 is 19.8 Å². The molecule has 5 nitrogen and oxygen atoms in total. The van der Waals surface area contributed by atoms with Gasteiger partial charge in [-0.05, 0) is 32.0 Å². The Kier molecular flexibility index (Phi) is 4.22. The molecule has 110 valence electrons. The molecule has 1 amide bonds. The van der Waals surface area contributed by atoms with Crippen molar-refractivity contribution < 1.29 is 19.7 Å². The molecular weight excluding hydrogens is 282 g/mol. The average Bonchev–Trinajstić information content (AvgIpc) is 2.39. The van der Waals surface area contributed by atoms with Crippen molar-refractivity contribution in [2.24, 2.45) is 0 Å². The Labute approximate surface area is 122 Å². The van der Waals surface area contributed by atoms with Crippen molar-refractivity contribution in [2.45, 2.75) is 25.6 Å². The van der Waals surface area contributed by atoms with E-state index in [1.54, 1.807) is 4.90 Å². The largest absolute Gasteiger partial charge is 0.506 e. The van der Waals surface area contributed by atoms with E-state index in [9.17, 15) is 15.0 Å². The lowest BCUT2D eigenvalue weighted by Gasteiger charge is -2.42. The Morgan fingerprint density at radius 3 is 2.85 bits per heavy atom. The number of aliphatic hydroxyl groups is 1. The third kappa shape index (κ3) is 3.23. The molecule has 0 aliphatic carbocycles. The number of aromatic hydroxyl groups is 1. The zero-order chi connectivity index (χ0) is 14.9. The molecule has 1 atom stereocenters. The van der Waals surface area contributed by atoms with E-state index in [0.717, 1.165) is 0 Å². The predicted octanol–water partition coefficient (Wildman–Crippen LogP) is 1.66. The first kappa shape index (κ1) is 15.1. The third-order valence-electron chi connectivity index (χ3n) is 3.17. The maximum Gasteiger partial charge on any atom is 0.254 e.